The molecule has 1 amide bonds. The van der Waals surface area contributed by atoms with Gasteiger partial charge in [-0.2, -0.15) is 0 Å². The molecule has 5 heteroatoms. The van der Waals surface area contributed by atoms with Gasteiger partial charge in [0.15, 0.2) is 0 Å². The molecule has 0 fully saturated rings. The number of carbonyl (C=O) groups is 1. The Morgan fingerprint density at radius 2 is 2.38 bits per heavy atom. The van der Waals surface area contributed by atoms with Crippen molar-refractivity contribution in [2.45, 2.75) is 19.8 Å². The fraction of sp³-hybridized carbons (Fsp3) is 0.455. The second kappa shape index (κ2) is 6.79. The Kier molecular flexibility index (Phi) is 5.28. The first-order valence-electron chi connectivity index (χ1n) is 5.31. The molecule has 1 heterocycles. The lowest BCUT2D eigenvalue weighted by Crippen LogP contribution is -2.18. The lowest BCUT2D eigenvalue weighted by molar-refractivity contribution is -0.120. The van der Waals surface area contributed by atoms with Crippen molar-refractivity contribution in [3.63, 3.8) is 0 Å². The van der Waals surface area contributed by atoms with E-state index in [1.54, 1.807) is 12.1 Å². The monoisotopic (exact) mass is 223 g/mol. The zero-order valence-electron chi connectivity index (χ0n) is 9.40. The summed E-state index contributed by atoms with van der Waals surface area (Å²) >= 11 is 0. The van der Waals surface area contributed by atoms with E-state index < -0.39 is 0 Å². The molecule has 0 saturated carbocycles. The van der Waals surface area contributed by atoms with Crippen LogP contribution in [0, 0.1) is 0 Å². The van der Waals surface area contributed by atoms with E-state index in [-0.39, 0.29) is 12.5 Å². The van der Waals surface area contributed by atoms with Crippen molar-refractivity contribution in [3.05, 3.63) is 18.3 Å². The number of carbonyl (C=O) groups excluding carboxylic acids is 1. The molecule has 1 rings (SSSR count). The van der Waals surface area contributed by atoms with E-state index in [2.05, 4.69) is 17.2 Å². The summed E-state index contributed by atoms with van der Waals surface area (Å²) in [5, 5.41) is 2.66. The number of rotatable bonds is 6. The summed E-state index contributed by atoms with van der Waals surface area (Å²) in [6, 6.07) is 3.33. The van der Waals surface area contributed by atoms with Gasteiger partial charge in [-0.3, -0.25) is 4.79 Å². The van der Waals surface area contributed by atoms with Crippen LogP contribution in [-0.2, 0) is 9.53 Å². The summed E-state index contributed by atoms with van der Waals surface area (Å²) in [5.41, 5.74) is 6.05. The van der Waals surface area contributed by atoms with Crippen molar-refractivity contribution < 1.29 is 9.53 Å². The number of amides is 1. The molecule has 0 aliphatic rings. The zero-order valence-corrected chi connectivity index (χ0v) is 9.40. The molecule has 16 heavy (non-hydrogen) atoms. The van der Waals surface area contributed by atoms with E-state index in [0.29, 0.717) is 18.1 Å². The maximum absolute atomic E-state index is 11.4. The van der Waals surface area contributed by atoms with Crippen molar-refractivity contribution in [2.75, 3.05) is 24.3 Å². The minimum absolute atomic E-state index is 0.0738. The van der Waals surface area contributed by atoms with E-state index >= 15 is 0 Å². The molecule has 0 bridgehead atoms. The van der Waals surface area contributed by atoms with Crippen LogP contribution in [0.25, 0.3) is 0 Å². The highest BCUT2D eigenvalue weighted by Crippen LogP contribution is 2.06. The van der Waals surface area contributed by atoms with Crippen LogP contribution in [0.15, 0.2) is 18.3 Å². The molecule has 0 spiro atoms. The summed E-state index contributed by atoms with van der Waals surface area (Å²) in [6.07, 6.45) is 3.54. The largest absolute Gasteiger partial charge is 0.384 e. The van der Waals surface area contributed by atoms with Crippen LogP contribution < -0.4 is 11.1 Å². The van der Waals surface area contributed by atoms with Gasteiger partial charge in [-0.25, -0.2) is 4.98 Å². The molecular weight excluding hydrogens is 206 g/mol. The predicted octanol–water partition coefficient (Wildman–Crippen LogP) is 1.42. The molecule has 0 unspecified atom stereocenters. The molecule has 88 valence electrons. The van der Waals surface area contributed by atoms with Crippen LogP contribution >= 0.6 is 0 Å². The van der Waals surface area contributed by atoms with Crippen LogP contribution in [0.1, 0.15) is 19.8 Å². The van der Waals surface area contributed by atoms with Gasteiger partial charge in [0.2, 0.25) is 5.91 Å². The van der Waals surface area contributed by atoms with Gasteiger partial charge in [-0.15, -0.1) is 0 Å². The number of nitrogens with two attached hydrogens (primary N) is 1. The lowest BCUT2D eigenvalue weighted by atomic mass is 10.4. The number of hydrogen-bond acceptors (Lipinski definition) is 4. The standard InChI is InChI=1S/C11H17N3O2/c1-2-3-6-16-8-11(15)14-9-4-5-10(12)13-7-9/h4-5,7H,2-3,6,8H2,1H3,(H2,12,13)(H,14,15). The van der Waals surface area contributed by atoms with Gasteiger partial charge < -0.3 is 15.8 Å². The van der Waals surface area contributed by atoms with Gasteiger partial charge in [0.05, 0.1) is 11.9 Å². The van der Waals surface area contributed by atoms with Gasteiger partial charge in [0.1, 0.15) is 12.4 Å². The average molecular weight is 223 g/mol. The number of hydrogen-bond donors (Lipinski definition) is 2. The summed E-state index contributed by atoms with van der Waals surface area (Å²) in [5.74, 6) is 0.250. The molecule has 0 radical (unpaired) electrons. The Labute approximate surface area is 95.0 Å². The third-order valence-electron chi connectivity index (χ3n) is 1.95. The van der Waals surface area contributed by atoms with Gasteiger partial charge >= 0.3 is 0 Å². The molecule has 0 saturated heterocycles. The number of aromatic nitrogens is 1. The number of pyridine rings is 1. The van der Waals surface area contributed by atoms with Crippen LogP contribution in [0.3, 0.4) is 0 Å². The van der Waals surface area contributed by atoms with Gasteiger partial charge in [-0.05, 0) is 18.6 Å². The predicted molar refractivity (Wildman–Crippen MR) is 63.0 cm³/mol. The molecule has 0 aliphatic carbocycles. The van der Waals surface area contributed by atoms with Crippen molar-refractivity contribution in [2.24, 2.45) is 0 Å². The van der Waals surface area contributed by atoms with Crippen molar-refractivity contribution >= 4 is 17.4 Å². The molecule has 5 nitrogen and oxygen atoms in total. The highest BCUT2D eigenvalue weighted by molar-refractivity contribution is 5.91. The maximum Gasteiger partial charge on any atom is 0.250 e. The lowest BCUT2D eigenvalue weighted by Gasteiger charge is -2.05. The number of nitrogens with zero attached hydrogens (tertiary/aromatic N) is 1. The quantitative estimate of drug-likeness (QED) is 0.715. The molecule has 0 aromatic carbocycles. The normalized spacial score (nSPS) is 10.1. The fourth-order valence-corrected chi connectivity index (χ4v) is 1.09. The van der Waals surface area contributed by atoms with E-state index in [4.69, 9.17) is 10.5 Å². The van der Waals surface area contributed by atoms with Crippen LogP contribution in [0.5, 0.6) is 0 Å². The minimum atomic E-state index is -0.178. The Bertz CT molecular complexity index is 325. The smallest absolute Gasteiger partial charge is 0.250 e. The summed E-state index contributed by atoms with van der Waals surface area (Å²) in [4.78, 5) is 15.2. The summed E-state index contributed by atoms with van der Waals surface area (Å²) in [6.45, 7) is 2.76. The topological polar surface area (TPSA) is 77.2 Å². The first kappa shape index (κ1) is 12.4. The highest BCUT2D eigenvalue weighted by atomic mass is 16.5. The highest BCUT2D eigenvalue weighted by Gasteiger charge is 2.02. The van der Waals surface area contributed by atoms with E-state index in [0.717, 1.165) is 12.8 Å². The molecule has 1 aromatic heterocycles. The van der Waals surface area contributed by atoms with Crippen molar-refractivity contribution in [1.29, 1.82) is 0 Å². The first-order valence-corrected chi connectivity index (χ1v) is 5.31. The first-order chi connectivity index (χ1) is 7.72. The molecule has 0 atom stereocenters. The number of anilines is 2. The molecular formula is C11H17N3O2. The SMILES string of the molecule is CCCCOCC(=O)Nc1ccc(N)nc1. The number of nitrogen functional groups attached to an aromatic ring is 1. The maximum atomic E-state index is 11.4. The zero-order chi connectivity index (χ0) is 11.8. The van der Waals surface area contributed by atoms with Crippen molar-refractivity contribution in [1.82, 2.24) is 4.98 Å². The summed E-state index contributed by atoms with van der Waals surface area (Å²) < 4.78 is 5.17. The minimum Gasteiger partial charge on any atom is -0.384 e. The fourth-order valence-electron chi connectivity index (χ4n) is 1.09. The Morgan fingerprint density at radius 1 is 1.56 bits per heavy atom. The third kappa shape index (κ3) is 4.75. The van der Waals surface area contributed by atoms with Crippen molar-refractivity contribution in [3.8, 4) is 0 Å². The van der Waals surface area contributed by atoms with Crippen LogP contribution in [0.2, 0.25) is 0 Å². The second-order valence-electron chi connectivity index (χ2n) is 3.43. The average Bonchev–Trinajstić information content (AvgIpc) is 2.28. The summed E-state index contributed by atoms with van der Waals surface area (Å²) in [7, 11) is 0. The Balaban J connectivity index is 2.26. The molecule has 3 N–H and O–H groups in total. The molecule has 1 aromatic rings. The van der Waals surface area contributed by atoms with Gasteiger partial charge in [0, 0.05) is 6.61 Å². The van der Waals surface area contributed by atoms with Gasteiger partial charge in [-0.1, -0.05) is 13.3 Å². The molecule has 0 aliphatic heterocycles. The number of unbranched alkanes of at least 4 members (excludes halogenated alkanes) is 1. The van der Waals surface area contributed by atoms with Crippen LogP contribution in [-0.4, -0.2) is 24.1 Å². The van der Waals surface area contributed by atoms with Crippen LogP contribution in [0.4, 0.5) is 11.5 Å². The Morgan fingerprint density at radius 3 is 3.00 bits per heavy atom. The number of ether oxygens (including phenoxy) is 1. The third-order valence-corrected chi connectivity index (χ3v) is 1.95. The second-order valence-corrected chi connectivity index (χ2v) is 3.43. The van der Waals surface area contributed by atoms with E-state index in [1.807, 2.05) is 0 Å². The van der Waals surface area contributed by atoms with E-state index in [9.17, 15) is 4.79 Å². The van der Waals surface area contributed by atoms with E-state index in [1.165, 1.54) is 6.20 Å². The number of nitrogens with one attached hydrogen (secondary N) is 1. The van der Waals surface area contributed by atoms with Gasteiger partial charge in [0.25, 0.3) is 0 Å². The Hall–Kier alpha value is -1.62.